The van der Waals surface area contributed by atoms with E-state index in [1.165, 1.54) is 42.8 Å². The highest BCUT2D eigenvalue weighted by Gasteiger charge is 2.18. The van der Waals surface area contributed by atoms with Gasteiger partial charge in [0.05, 0.1) is 10.7 Å². The molecule has 72 valence electrons. The van der Waals surface area contributed by atoms with Gasteiger partial charge in [-0.1, -0.05) is 35.2 Å². The molecule has 1 heterocycles. The highest BCUT2D eigenvalue weighted by atomic mass is 79.9. The number of rotatable bonds is 2. The molecular formula is C10H14BrNS. The Balaban J connectivity index is 2.05. The largest absolute Gasteiger partial charge is 0.245 e. The quantitative estimate of drug-likeness (QED) is 0.730. The maximum absolute atomic E-state index is 4.62. The van der Waals surface area contributed by atoms with Gasteiger partial charge in [-0.2, -0.15) is 0 Å². The van der Waals surface area contributed by atoms with Gasteiger partial charge in [0, 0.05) is 16.6 Å². The van der Waals surface area contributed by atoms with Crippen LogP contribution in [0.4, 0.5) is 0 Å². The van der Waals surface area contributed by atoms with Crippen LogP contribution in [0.5, 0.6) is 0 Å². The van der Waals surface area contributed by atoms with Crippen LogP contribution >= 0.6 is 27.3 Å². The zero-order valence-electron chi connectivity index (χ0n) is 7.63. The average Bonchev–Trinajstić information content (AvgIpc) is 2.67. The molecule has 2 rings (SSSR count). The summed E-state index contributed by atoms with van der Waals surface area (Å²) in [4.78, 5) is 4.62. The Hall–Kier alpha value is 0.110. The number of alkyl halides is 1. The molecule has 0 aliphatic heterocycles. The smallest absolute Gasteiger partial charge is 0.0959 e. The Bertz CT molecular complexity index is 266. The van der Waals surface area contributed by atoms with Crippen molar-refractivity contribution in [2.75, 3.05) is 0 Å². The summed E-state index contributed by atoms with van der Waals surface area (Å²) in [5.74, 6) is 0.770. The second-order valence-electron chi connectivity index (χ2n) is 3.65. The van der Waals surface area contributed by atoms with Gasteiger partial charge >= 0.3 is 0 Å². The maximum atomic E-state index is 4.62. The van der Waals surface area contributed by atoms with Gasteiger partial charge in [0.2, 0.25) is 0 Å². The zero-order valence-corrected chi connectivity index (χ0v) is 10.0. The van der Waals surface area contributed by atoms with E-state index in [2.05, 4.69) is 26.3 Å². The number of hydrogen-bond donors (Lipinski definition) is 0. The minimum absolute atomic E-state index is 0.770. The molecule has 13 heavy (non-hydrogen) atoms. The van der Waals surface area contributed by atoms with E-state index >= 15 is 0 Å². The topological polar surface area (TPSA) is 12.9 Å². The lowest BCUT2D eigenvalue weighted by Crippen LogP contribution is -2.03. The molecule has 0 radical (unpaired) electrons. The van der Waals surface area contributed by atoms with Crippen LogP contribution in [0.15, 0.2) is 5.38 Å². The van der Waals surface area contributed by atoms with E-state index in [1.807, 2.05) is 11.3 Å². The molecule has 0 atom stereocenters. The molecule has 0 spiro atoms. The molecule has 1 aliphatic rings. The molecule has 3 heteroatoms. The van der Waals surface area contributed by atoms with E-state index in [0.29, 0.717) is 0 Å². The molecule has 1 saturated carbocycles. The summed E-state index contributed by atoms with van der Waals surface area (Å²) in [6.45, 7) is 0. The number of halogens is 1. The molecule has 0 bridgehead atoms. The van der Waals surface area contributed by atoms with E-state index in [9.17, 15) is 0 Å². The van der Waals surface area contributed by atoms with Crippen LogP contribution in [-0.4, -0.2) is 4.98 Å². The van der Waals surface area contributed by atoms with Crippen LogP contribution in [0.1, 0.15) is 48.7 Å². The Morgan fingerprint density at radius 1 is 1.38 bits per heavy atom. The van der Waals surface area contributed by atoms with Crippen molar-refractivity contribution < 1.29 is 0 Å². The predicted molar refractivity (Wildman–Crippen MR) is 60.6 cm³/mol. The van der Waals surface area contributed by atoms with Gasteiger partial charge in [0.1, 0.15) is 0 Å². The summed E-state index contributed by atoms with van der Waals surface area (Å²) in [7, 11) is 0. The summed E-state index contributed by atoms with van der Waals surface area (Å²) >= 11 is 5.28. The molecule has 0 saturated heterocycles. The van der Waals surface area contributed by atoms with Crippen molar-refractivity contribution in [2.24, 2.45) is 0 Å². The summed E-state index contributed by atoms with van der Waals surface area (Å²) in [5, 5.41) is 4.45. The van der Waals surface area contributed by atoms with Gasteiger partial charge in [-0.15, -0.1) is 11.3 Å². The fraction of sp³-hybridized carbons (Fsp3) is 0.700. The Morgan fingerprint density at radius 3 is 2.77 bits per heavy atom. The van der Waals surface area contributed by atoms with Crippen LogP contribution in [0.2, 0.25) is 0 Å². The Morgan fingerprint density at radius 2 is 2.15 bits per heavy atom. The molecular weight excluding hydrogens is 246 g/mol. The second-order valence-corrected chi connectivity index (χ2v) is 5.10. The molecule has 1 aromatic heterocycles. The first-order chi connectivity index (χ1) is 6.40. The van der Waals surface area contributed by atoms with E-state index < -0.39 is 0 Å². The Labute approximate surface area is 91.7 Å². The molecule has 1 aromatic rings. The van der Waals surface area contributed by atoms with E-state index in [1.54, 1.807) is 0 Å². The number of aromatic nitrogens is 1. The van der Waals surface area contributed by atoms with E-state index in [4.69, 9.17) is 0 Å². The fourth-order valence-electron chi connectivity index (χ4n) is 1.92. The van der Waals surface area contributed by atoms with Crippen molar-refractivity contribution in [3.05, 3.63) is 16.1 Å². The predicted octanol–water partition coefficient (Wildman–Crippen LogP) is 4.09. The van der Waals surface area contributed by atoms with Crippen molar-refractivity contribution in [1.29, 1.82) is 0 Å². The SMILES string of the molecule is BrCc1csc(C2CCCCC2)n1. The van der Waals surface area contributed by atoms with Gasteiger partial charge in [-0.25, -0.2) is 4.98 Å². The van der Waals surface area contributed by atoms with E-state index in [0.717, 1.165) is 11.2 Å². The molecule has 1 nitrogen and oxygen atoms in total. The normalized spacial score (nSPS) is 19.2. The summed E-state index contributed by atoms with van der Waals surface area (Å²) in [6.07, 6.45) is 6.93. The summed E-state index contributed by atoms with van der Waals surface area (Å²) in [6, 6.07) is 0. The zero-order chi connectivity index (χ0) is 9.10. The van der Waals surface area contributed by atoms with Crippen molar-refractivity contribution in [2.45, 2.75) is 43.4 Å². The van der Waals surface area contributed by atoms with Crippen LogP contribution in [0.3, 0.4) is 0 Å². The third-order valence-electron chi connectivity index (χ3n) is 2.66. The third kappa shape index (κ3) is 2.32. The lowest BCUT2D eigenvalue weighted by Gasteiger charge is -2.18. The fourth-order valence-corrected chi connectivity index (χ4v) is 3.41. The number of thiazole rings is 1. The maximum Gasteiger partial charge on any atom is 0.0959 e. The van der Waals surface area contributed by atoms with Crippen molar-refractivity contribution in [3.8, 4) is 0 Å². The van der Waals surface area contributed by atoms with Gasteiger partial charge in [0.25, 0.3) is 0 Å². The highest BCUT2D eigenvalue weighted by molar-refractivity contribution is 9.08. The van der Waals surface area contributed by atoms with Gasteiger partial charge in [-0.05, 0) is 12.8 Å². The number of hydrogen-bond acceptors (Lipinski definition) is 2. The molecule has 0 unspecified atom stereocenters. The average molecular weight is 260 g/mol. The lowest BCUT2D eigenvalue weighted by molar-refractivity contribution is 0.442. The van der Waals surface area contributed by atoms with E-state index in [-0.39, 0.29) is 0 Å². The summed E-state index contributed by atoms with van der Waals surface area (Å²) in [5.41, 5.74) is 1.20. The molecule has 0 aromatic carbocycles. The van der Waals surface area contributed by atoms with Crippen molar-refractivity contribution >= 4 is 27.3 Å². The standard InChI is InChI=1S/C10H14BrNS/c11-6-9-7-13-10(12-9)8-4-2-1-3-5-8/h7-8H,1-6H2. The molecule has 1 aliphatic carbocycles. The van der Waals surface area contributed by atoms with Crippen LogP contribution < -0.4 is 0 Å². The molecule has 1 fully saturated rings. The van der Waals surface area contributed by atoms with Crippen molar-refractivity contribution in [3.63, 3.8) is 0 Å². The highest BCUT2D eigenvalue weighted by Crippen LogP contribution is 2.34. The van der Waals surface area contributed by atoms with Gasteiger partial charge in [-0.3, -0.25) is 0 Å². The van der Waals surface area contributed by atoms with Crippen LogP contribution in [0.25, 0.3) is 0 Å². The first kappa shape index (κ1) is 9.66. The van der Waals surface area contributed by atoms with Crippen LogP contribution in [-0.2, 0) is 5.33 Å². The Kier molecular flexibility index (Phi) is 3.39. The van der Waals surface area contributed by atoms with Crippen LogP contribution in [0, 0.1) is 0 Å². The second kappa shape index (κ2) is 4.56. The van der Waals surface area contributed by atoms with Gasteiger partial charge in [0.15, 0.2) is 0 Å². The number of nitrogens with zero attached hydrogens (tertiary/aromatic N) is 1. The van der Waals surface area contributed by atoms with Gasteiger partial charge < -0.3 is 0 Å². The molecule has 0 N–H and O–H groups in total. The monoisotopic (exact) mass is 259 g/mol. The van der Waals surface area contributed by atoms with Crippen molar-refractivity contribution in [1.82, 2.24) is 4.98 Å². The first-order valence-corrected chi connectivity index (χ1v) is 6.90. The first-order valence-electron chi connectivity index (χ1n) is 4.90. The lowest BCUT2D eigenvalue weighted by atomic mass is 9.90. The third-order valence-corrected chi connectivity index (χ3v) is 4.29. The molecule has 0 amide bonds. The minimum atomic E-state index is 0.770. The minimum Gasteiger partial charge on any atom is -0.245 e. The summed E-state index contributed by atoms with van der Waals surface area (Å²) < 4.78 is 0.